The van der Waals surface area contributed by atoms with E-state index in [2.05, 4.69) is 9.80 Å². The Morgan fingerprint density at radius 3 is 2.16 bits per heavy atom. The standard InChI is InChI=1S/C20H28FN3O/c21-18-3-5-19(6-4-18)23-11-13-24(14-12-23)20(25)17-7-9-22(10-8-17)15-16-1-2-16/h3-6,16-17H,1-2,7-15H2. The fourth-order valence-electron chi connectivity index (χ4n) is 4.12. The fourth-order valence-corrected chi connectivity index (χ4v) is 4.12. The number of piperidine rings is 1. The van der Waals surface area contributed by atoms with E-state index in [0.29, 0.717) is 5.91 Å². The maximum Gasteiger partial charge on any atom is 0.225 e. The number of piperazine rings is 1. The van der Waals surface area contributed by atoms with E-state index in [0.717, 1.165) is 63.7 Å². The van der Waals surface area contributed by atoms with E-state index >= 15 is 0 Å². The molecule has 0 aromatic heterocycles. The molecule has 0 unspecified atom stereocenters. The van der Waals surface area contributed by atoms with Gasteiger partial charge in [-0.3, -0.25) is 4.79 Å². The predicted octanol–water partition coefficient (Wildman–Crippen LogP) is 2.60. The summed E-state index contributed by atoms with van der Waals surface area (Å²) in [7, 11) is 0. The summed E-state index contributed by atoms with van der Waals surface area (Å²) < 4.78 is 13.1. The Balaban J connectivity index is 1.24. The highest BCUT2D eigenvalue weighted by atomic mass is 19.1. The van der Waals surface area contributed by atoms with Crippen molar-refractivity contribution < 1.29 is 9.18 Å². The number of hydrogen-bond acceptors (Lipinski definition) is 3. The topological polar surface area (TPSA) is 26.8 Å². The zero-order valence-electron chi connectivity index (χ0n) is 14.9. The first-order chi connectivity index (χ1) is 12.2. The first kappa shape index (κ1) is 16.8. The molecule has 136 valence electrons. The van der Waals surface area contributed by atoms with Crippen LogP contribution in [-0.2, 0) is 4.79 Å². The molecule has 0 bridgehead atoms. The highest BCUT2D eigenvalue weighted by molar-refractivity contribution is 5.79. The second-order valence-corrected chi connectivity index (χ2v) is 7.81. The number of carbonyl (C=O) groups is 1. The normalized spacial score (nSPS) is 23.1. The van der Waals surface area contributed by atoms with Crippen LogP contribution in [0.3, 0.4) is 0 Å². The van der Waals surface area contributed by atoms with Gasteiger partial charge in [0.2, 0.25) is 5.91 Å². The molecule has 0 spiro atoms. The molecule has 3 aliphatic rings. The van der Waals surface area contributed by atoms with Crippen LogP contribution >= 0.6 is 0 Å². The molecule has 1 saturated carbocycles. The smallest absolute Gasteiger partial charge is 0.225 e. The van der Waals surface area contributed by atoms with Crippen molar-refractivity contribution in [2.45, 2.75) is 25.7 Å². The van der Waals surface area contributed by atoms with Crippen molar-refractivity contribution in [2.24, 2.45) is 11.8 Å². The van der Waals surface area contributed by atoms with Crippen molar-refractivity contribution in [1.82, 2.24) is 9.80 Å². The minimum Gasteiger partial charge on any atom is -0.368 e. The highest BCUT2D eigenvalue weighted by Crippen LogP contribution is 2.31. The molecule has 2 heterocycles. The summed E-state index contributed by atoms with van der Waals surface area (Å²) in [6.45, 7) is 6.63. The molecule has 3 fully saturated rings. The number of carbonyl (C=O) groups excluding carboxylic acids is 1. The number of halogens is 1. The van der Waals surface area contributed by atoms with Gasteiger partial charge >= 0.3 is 0 Å². The number of anilines is 1. The molecule has 4 nitrogen and oxygen atoms in total. The summed E-state index contributed by atoms with van der Waals surface area (Å²) in [6, 6.07) is 6.65. The molecule has 1 aromatic rings. The van der Waals surface area contributed by atoms with Crippen LogP contribution in [0.15, 0.2) is 24.3 Å². The molecule has 1 amide bonds. The van der Waals surface area contributed by atoms with Gasteiger partial charge in [-0.25, -0.2) is 4.39 Å². The van der Waals surface area contributed by atoms with Gasteiger partial charge in [0.25, 0.3) is 0 Å². The van der Waals surface area contributed by atoms with Crippen LogP contribution in [-0.4, -0.2) is 61.5 Å². The Bertz CT molecular complexity index is 585. The van der Waals surface area contributed by atoms with Gasteiger partial charge in [0, 0.05) is 44.3 Å². The van der Waals surface area contributed by atoms with Crippen LogP contribution in [0.4, 0.5) is 10.1 Å². The molecule has 25 heavy (non-hydrogen) atoms. The van der Waals surface area contributed by atoms with Crippen LogP contribution in [0.25, 0.3) is 0 Å². The number of nitrogens with zero attached hydrogens (tertiary/aromatic N) is 3. The molecule has 1 aliphatic carbocycles. The fraction of sp³-hybridized carbons (Fsp3) is 0.650. The van der Waals surface area contributed by atoms with E-state index in [9.17, 15) is 9.18 Å². The van der Waals surface area contributed by atoms with E-state index in [1.54, 1.807) is 0 Å². The zero-order chi connectivity index (χ0) is 17.2. The third-order valence-electron chi connectivity index (χ3n) is 5.93. The van der Waals surface area contributed by atoms with E-state index in [1.807, 2.05) is 17.0 Å². The van der Waals surface area contributed by atoms with Crippen molar-refractivity contribution in [3.8, 4) is 0 Å². The summed E-state index contributed by atoms with van der Waals surface area (Å²) in [5.74, 6) is 1.30. The molecule has 5 heteroatoms. The lowest BCUT2D eigenvalue weighted by molar-refractivity contribution is -0.137. The van der Waals surface area contributed by atoms with Crippen molar-refractivity contribution in [2.75, 3.05) is 50.7 Å². The van der Waals surface area contributed by atoms with E-state index in [1.165, 1.54) is 31.5 Å². The molecule has 0 atom stereocenters. The molecule has 4 rings (SSSR count). The van der Waals surface area contributed by atoms with Crippen LogP contribution in [0.2, 0.25) is 0 Å². The third-order valence-corrected chi connectivity index (χ3v) is 5.93. The average molecular weight is 345 g/mol. The average Bonchev–Trinajstić information content (AvgIpc) is 3.47. The lowest BCUT2D eigenvalue weighted by Crippen LogP contribution is -2.51. The lowest BCUT2D eigenvalue weighted by atomic mass is 9.94. The Kier molecular flexibility index (Phi) is 4.93. The van der Waals surface area contributed by atoms with E-state index < -0.39 is 0 Å². The Morgan fingerprint density at radius 2 is 1.56 bits per heavy atom. The summed E-state index contributed by atoms with van der Waals surface area (Å²) >= 11 is 0. The minimum atomic E-state index is -0.203. The van der Waals surface area contributed by atoms with E-state index in [4.69, 9.17) is 0 Å². The molecular formula is C20H28FN3O. The van der Waals surface area contributed by atoms with Crippen molar-refractivity contribution in [3.05, 3.63) is 30.1 Å². The van der Waals surface area contributed by atoms with Crippen molar-refractivity contribution in [1.29, 1.82) is 0 Å². The van der Waals surface area contributed by atoms with Crippen LogP contribution in [0.1, 0.15) is 25.7 Å². The van der Waals surface area contributed by atoms with Crippen LogP contribution in [0, 0.1) is 17.7 Å². The van der Waals surface area contributed by atoms with Gasteiger partial charge in [-0.2, -0.15) is 0 Å². The quantitative estimate of drug-likeness (QED) is 0.839. The summed E-state index contributed by atoms with van der Waals surface area (Å²) in [6.07, 6.45) is 4.84. The predicted molar refractivity (Wildman–Crippen MR) is 97.1 cm³/mol. The third kappa shape index (κ3) is 4.14. The lowest BCUT2D eigenvalue weighted by Gasteiger charge is -2.39. The summed E-state index contributed by atoms with van der Waals surface area (Å²) in [5.41, 5.74) is 1.04. The maximum atomic E-state index is 13.1. The Labute approximate surface area is 149 Å². The van der Waals surface area contributed by atoms with Crippen LogP contribution < -0.4 is 4.90 Å². The number of benzene rings is 1. The first-order valence-electron chi connectivity index (χ1n) is 9.71. The summed E-state index contributed by atoms with van der Waals surface area (Å²) in [5, 5.41) is 0. The van der Waals surface area contributed by atoms with Gasteiger partial charge in [0.1, 0.15) is 5.82 Å². The largest absolute Gasteiger partial charge is 0.368 e. The first-order valence-corrected chi connectivity index (χ1v) is 9.71. The molecule has 1 aromatic carbocycles. The van der Waals surface area contributed by atoms with Gasteiger partial charge < -0.3 is 14.7 Å². The molecule has 2 aliphatic heterocycles. The molecule has 0 N–H and O–H groups in total. The van der Waals surface area contributed by atoms with Crippen LogP contribution in [0.5, 0.6) is 0 Å². The van der Waals surface area contributed by atoms with Gasteiger partial charge in [-0.15, -0.1) is 0 Å². The van der Waals surface area contributed by atoms with Gasteiger partial charge in [-0.05, 0) is 69.0 Å². The van der Waals surface area contributed by atoms with Crippen molar-refractivity contribution in [3.63, 3.8) is 0 Å². The van der Waals surface area contributed by atoms with Gasteiger partial charge in [0.05, 0.1) is 0 Å². The summed E-state index contributed by atoms with van der Waals surface area (Å²) in [4.78, 5) is 19.7. The monoisotopic (exact) mass is 345 g/mol. The van der Waals surface area contributed by atoms with E-state index in [-0.39, 0.29) is 11.7 Å². The Morgan fingerprint density at radius 1 is 0.920 bits per heavy atom. The number of hydrogen-bond donors (Lipinski definition) is 0. The van der Waals surface area contributed by atoms with Crippen molar-refractivity contribution >= 4 is 11.6 Å². The molecular weight excluding hydrogens is 317 g/mol. The van der Waals surface area contributed by atoms with Gasteiger partial charge in [-0.1, -0.05) is 0 Å². The SMILES string of the molecule is O=C(C1CCN(CC2CC2)CC1)N1CCN(c2ccc(F)cc2)CC1. The maximum absolute atomic E-state index is 13.1. The molecule has 0 radical (unpaired) electrons. The minimum absolute atomic E-state index is 0.203. The van der Waals surface area contributed by atoms with Gasteiger partial charge in [0.15, 0.2) is 0 Å². The second-order valence-electron chi connectivity index (χ2n) is 7.81. The zero-order valence-corrected chi connectivity index (χ0v) is 14.9. The number of amides is 1. The second kappa shape index (κ2) is 7.32. The number of likely N-dealkylation sites (tertiary alicyclic amines) is 1. The number of rotatable bonds is 4. The highest BCUT2D eigenvalue weighted by Gasteiger charge is 2.32. The molecule has 2 saturated heterocycles. The Hall–Kier alpha value is -1.62.